The number of methoxy groups -OCH3 is 1. The molecule has 2 rings (SSSR count). The number of sulfonamides is 1. The molecule has 0 aliphatic carbocycles. The van der Waals surface area contributed by atoms with Crippen LogP contribution >= 0.6 is 11.6 Å². The van der Waals surface area contributed by atoms with E-state index in [-0.39, 0.29) is 4.90 Å². The van der Waals surface area contributed by atoms with Crippen LogP contribution in [0.3, 0.4) is 0 Å². The summed E-state index contributed by atoms with van der Waals surface area (Å²) < 4.78 is 33.1. The van der Waals surface area contributed by atoms with E-state index in [2.05, 4.69) is 4.72 Å². The highest BCUT2D eigenvalue weighted by molar-refractivity contribution is 7.92. The molecule has 0 aliphatic rings. The van der Waals surface area contributed by atoms with Crippen LogP contribution < -0.4 is 9.46 Å². The van der Waals surface area contributed by atoms with E-state index < -0.39 is 10.0 Å². The summed E-state index contributed by atoms with van der Waals surface area (Å²) in [6.07, 6.45) is 0. The molecule has 0 spiro atoms. The molecule has 0 aliphatic heterocycles. The van der Waals surface area contributed by atoms with E-state index >= 15 is 0 Å². The molecule has 1 N–H and O–H groups in total. The van der Waals surface area contributed by atoms with Crippen molar-refractivity contribution < 1.29 is 13.2 Å². The highest BCUT2D eigenvalue weighted by Gasteiger charge is 2.20. The van der Waals surface area contributed by atoms with Crippen molar-refractivity contribution in [2.75, 3.05) is 11.8 Å². The summed E-state index contributed by atoms with van der Waals surface area (Å²) in [6.45, 7) is 5.32. The van der Waals surface area contributed by atoms with Gasteiger partial charge in [0.25, 0.3) is 10.0 Å². The first-order valence-electron chi connectivity index (χ1n) is 6.69. The zero-order chi connectivity index (χ0) is 16.5. The molecule has 0 saturated carbocycles. The van der Waals surface area contributed by atoms with Gasteiger partial charge in [0.1, 0.15) is 5.75 Å². The number of hydrogen-bond donors (Lipinski definition) is 1. The molecule has 0 aromatic heterocycles. The Morgan fingerprint density at radius 3 is 2.41 bits per heavy atom. The zero-order valence-electron chi connectivity index (χ0n) is 12.9. The maximum Gasteiger partial charge on any atom is 0.262 e. The summed E-state index contributed by atoms with van der Waals surface area (Å²) in [5, 5.41) is 0.517. The molecule has 0 saturated heterocycles. The molecule has 0 fully saturated rings. The van der Waals surface area contributed by atoms with E-state index in [1.165, 1.54) is 0 Å². The van der Waals surface area contributed by atoms with Gasteiger partial charge >= 0.3 is 0 Å². The summed E-state index contributed by atoms with van der Waals surface area (Å²) in [7, 11) is -2.14. The van der Waals surface area contributed by atoms with Crippen LogP contribution in [-0.4, -0.2) is 15.5 Å². The lowest BCUT2D eigenvalue weighted by molar-refractivity contribution is 0.411. The monoisotopic (exact) mass is 339 g/mol. The van der Waals surface area contributed by atoms with E-state index in [0.717, 1.165) is 5.56 Å². The van der Waals surface area contributed by atoms with Crippen molar-refractivity contribution in [3.63, 3.8) is 0 Å². The van der Waals surface area contributed by atoms with Gasteiger partial charge < -0.3 is 4.74 Å². The van der Waals surface area contributed by atoms with Crippen LogP contribution in [0.1, 0.15) is 16.7 Å². The zero-order valence-corrected chi connectivity index (χ0v) is 14.5. The molecule has 2 aromatic carbocycles. The van der Waals surface area contributed by atoms with Crippen molar-refractivity contribution in [1.29, 1.82) is 0 Å². The third-order valence-corrected chi connectivity index (χ3v) is 5.41. The van der Waals surface area contributed by atoms with Crippen LogP contribution in [0.2, 0.25) is 5.02 Å². The average Bonchev–Trinajstić information content (AvgIpc) is 2.45. The van der Waals surface area contributed by atoms with Crippen molar-refractivity contribution in [1.82, 2.24) is 0 Å². The minimum absolute atomic E-state index is 0.227. The first-order valence-corrected chi connectivity index (χ1v) is 8.55. The van der Waals surface area contributed by atoms with Crippen LogP contribution in [0, 0.1) is 20.8 Å². The molecule has 0 radical (unpaired) electrons. The molecule has 0 amide bonds. The third kappa shape index (κ3) is 3.20. The van der Waals surface area contributed by atoms with E-state index in [1.807, 2.05) is 6.92 Å². The Morgan fingerprint density at radius 1 is 1.09 bits per heavy atom. The summed E-state index contributed by atoms with van der Waals surface area (Å²) in [5.41, 5.74) is 2.54. The predicted molar refractivity (Wildman–Crippen MR) is 89.5 cm³/mol. The molecule has 0 atom stereocenters. The first kappa shape index (κ1) is 16.6. The van der Waals surface area contributed by atoms with Crippen molar-refractivity contribution >= 4 is 27.3 Å². The average molecular weight is 340 g/mol. The summed E-state index contributed by atoms with van der Waals surface area (Å²) in [5.74, 6) is 0.662. The van der Waals surface area contributed by atoms with E-state index in [0.29, 0.717) is 27.6 Å². The van der Waals surface area contributed by atoms with Crippen LogP contribution in [0.15, 0.2) is 35.2 Å². The second kappa shape index (κ2) is 6.18. The fourth-order valence-electron chi connectivity index (χ4n) is 2.19. The van der Waals surface area contributed by atoms with Crippen LogP contribution in [0.5, 0.6) is 5.75 Å². The van der Waals surface area contributed by atoms with Gasteiger partial charge in [-0.15, -0.1) is 0 Å². The van der Waals surface area contributed by atoms with Gasteiger partial charge in [-0.3, -0.25) is 4.72 Å². The number of halogens is 1. The second-order valence-corrected chi connectivity index (χ2v) is 7.16. The molecule has 4 nitrogen and oxygen atoms in total. The molecule has 2 aromatic rings. The first-order chi connectivity index (χ1) is 10.3. The Hall–Kier alpha value is -1.72. The number of ether oxygens (including phenoxy) is 1. The topological polar surface area (TPSA) is 55.4 Å². The number of aryl methyl sites for hydroxylation is 2. The Kier molecular flexibility index (Phi) is 4.68. The standard InChI is InChI=1S/C16H18ClNO3S/c1-10-9-16(11(2)8-15(10)21-4)22(19,20)18-14-7-5-6-13(17)12(14)3/h5-9,18H,1-4H3. The molecule has 118 valence electrons. The summed E-state index contributed by atoms with van der Waals surface area (Å²) in [6, 6.07) is 8.44. The smallest absolute Gasteiger partial charge is 0.262 e. The van der Waals surface area contributed by atoms with E-state index in [4.69, 9.17) is 16.3 Å². The van der Waals surface area contributed by atoms with Gasteiger partial charge in [-0.25, -0.2) is 8.42 Å². The van der Waals surface area contributed by atoms with Gasteiger partial charge in [0.2, 0.25) is 0 Å². The van der Waals surface area contributed by atoms with Gasteiger partial charge in [0.15, 0.2) is 0 Å². The fraction of sp³-hybridized carbons (Fsp3) is 0.250. The lowest BCUT2D eigenvalue weighted by atomic mass is 10.1. The van der Waals surface area contributed by atoms with Gasteiger partial charge in [-0.05, 0) is 61.7 Å². The van der Waals surface area contributed by atoms with Crippen molar-refractivity contribution in [3.05, 3.63) is 52.0 Å². The molecule has 0 heterocycles. The minimum Gasteiger partial charge on any atom is -0.496 e. The van der Waals surface area contributed by atoms with Gasteiger partial charge in [-0.2, -0.15) is 0 Å². The SMILES string of the molecule is COc1cc(C)c(S(=O)(=O)Nc2cccc(Cl)c2C)cc1C. The number of nitrogens with one attached hydrogen (secondary N) is 1. The van der Waals surface area contributed by atoms with E-state index in [9.17, 15) is 8.42 Å². The van der Waals surface area contributed by atoms with Crippen molar-refractivity contribution in [2.24, 2.45) is 0 Å². The lowest BCUT2D eigenvalue weighted by Gasteiger charge is -2.15. The quantitative estimate of drug-likeness (QED) is 0.913. The molecular formula is C16H18ClNO3S. The number of rotatable bonds is 4. The Bertz CT molecular complexity index is 816. The Balaban J connectivity index is 2.47. The number of benzene rings is 2. The predicted octanol–water partition coefficient (Wildman–Crippen LogP) is 4.07. The van der Waals surface area contributed by atoms with Crippen molar-refractivity contribution in [3.8, 4) is 5.75 Å². The molecule has 22 heavy (non-hydrogen) atoms. The molecule has 0 bridgehead atoms. The maximum absolute atomic E-state index is 12.6. The summed E-state index contributed by atoms with van der Waals surface area (Å²) >= 11 is 6.03. The van der Waals surface area contributed by atoms with E-state index in [1.54, 1.807) is 51.3 Å². The van der Waals surface area contributed by atoms with Crippen LogP contribution in [-0.2, 0) is 10.0 Å². The lowest BCUT2D eigenvalue weighted by Crippen LogP contribution is -2.15. The fourth-order valence-corrected chi connectivity index (χ4v) is 3.80. The normalized spacial score (nSPS) is 11.3. The van der Waals surface area contributed by atoms with Crippen LogP contribution in [0.25, 0.3) is 0 Å². The summed E-state index contributed by atoms with van der Waals surface area (Å²) in [4.78, 5) is 0.227. The molecule has 6 heteroatoms. The highest BCUT2D eigenvalue weighted by Crippen LogP contribution is 2.29. The minimum atomic E-state index is -3.69. The van der Waals surface area contributed by atoms with Crippen LogP contribution in [0.4, 0.5) is 5.69 Å². The Morgan fingerprint density at radius 2 is 1.77 bits per heavy atom. The van der Waals surface area contributed by atoms with Gasteiger partial charge in [0.05, 0.1) is 17.7 Å². The highest BCUT2D eigenvalue weighted by atomic mass is 35.5. The number of hydrogen-bond acceptors (Lipinski definition) is 3. The molecule has 0 unspecified atom stereocenters. The van der Waals surface area contributed by atoms with Gasteiger partial charge in [-0.1, -0.05) is 17.7 Å². The van der Waals surface area contributed by atoms with Crippen molar-refractivity contribution in [2.45, 2.75) is 25.7 Å². The van der Waals surface area contributed by atoms with Gasteiger partial charge in [0, 0.05) is 5.02 Å². The number of anilines is 1. The Labute approximate surface area is 136 Å². The largest absolute Gasteiger partial charge is 0.496 e. The maximum atomic E-state index is 12.6. The third-order valence-electron chi connectivity index (χ3n) is 3.49. The molecular weight excluding hydrogens is 322 g/mol. The second-order valence-electron chi connectivity index (χ2n) is 5.11.